The molecule has 1 amide bonds. The topological polar surface area (TPSA) is 91.7 Å². The van der Waals surface area contributed by atoms with E-state index in [0.717, 1.165) is 41.7 Å². The summed E-state index contributed by atoms with van der Waals surface area (Å²) in [6, 6.07) is 4.10. The van der Waals surface area contributed by atoms with Crippen LogP contribution in [0.2, 0.25) is 0 Å². The van der Waals surface area contributed by atoms with Crippen LogP contribution in [0.25, 0.3) is 0 Å². The second-order valence-electron chi connectivity index (χ2n) is 7.62. The summed E-state index contributed by atoms with van der Waals surface area (Å²) in [5, 5.41) is 3.26. The molecular formula is C22H27FN4O3S. The van der Waals surface area contributed by atoms with Gasteiger partial charge in [-0.2, -0.15) is 0 Å². The summed E-state index contributed by atoms with van der Waals surface area (Å²) in [7, 11) is 0. The van der Waals surface area contributed by atoms with E-state index in [1.807, 2.05) is 11.7 Å². The van der Waals surface area contributed by atoms with Gasteiger partial charge in [-0.05, 0) is 30.5 Å². The van der Waals surface area contributed by atoms with Crippen molar-refractivity contribution in [2.75, 3.05) is 5.32 Å². The first-order chi connectivity index (χ1) is 15.1. The molecule has 0 spiro atoms. The van der Waals surface area contributed by atoms with E-state index in [0.29, 0.717) is 28.9 Å². The summed E-state index contributed by atoms with van der Waals surface area (Å²) < 4.78 is 13.7. The minimum Gasteiger partial charge on any atom is -0.346 e. The Labute approximate surface area is 185 Å². The highest BCUT2D eigenvalue weighted by atomic mass is 32.1. The first-order valence-electron chi connectivity index (χ1n) is 10.2. The smallest absolute Gasteiger partial charge is 0.248 e. The summed E-state index contributed by atoms with van der Waals surface area (Å²) >= 11 is 1.15. The van der Waals surface area contributed by atoms with Crippen molar-refractivity contribution in [3.63, 3.8) is 0 Å². The molecule has 1 N–H and O–H groups in total. The fraction of sp³-hybridized carbons (Fsp3) is 0.409. The number of aromatic nitrogens is 1. The zero-order chi connectivity index (χ0) is 22.2. The Morgan fingerprint density at radius 1 is 1.35 bits per heavy atom. The van der Waals surface area contributed by atoms with Gasteiger partial charge >= 0.3 is 0 Å². The van der Waals surface area contributed by atoms with Crippen LogP contribution in [-0.4, -0.2) is 41.2 Å². The molecule has 1 aromatic heterocycles. The van der Waals surface area contributed by atoms with Gasteiger partial charge in [0.25, 0.3) is 0 Å². The average Bonchev–Trinajstić information content (AvgIpc) is 3.26. The first kappa shape index (κ1) is 22.7. The van der Waals surface area contributed by atoms with E-state index in [1.165, 1.54) is 37.6 Å². The molecule has 1 aliphatic heterocycles. The van der Waals surface area contributed by atoms with E-state index in [4.69, 9.17) is 4.79 Å². The predicted octanol–water partition coefficient (Wildman–Crippen LogP) is 4.61. The minimum absolute atomic E-state index is 0. The number of anilines is 1. The van der Waals surface area contributed by atoms with E-state index in [9.17, 15) is 14.0 Å². The van der Waals surface area contributed by atoms with Crippen LogP contribution in [0.1, 0.15) is 55.2 Å². The molecular weight excluding hydrogens is 419 g/mol. The third-order valence-corrected chi connectivity index (χ3v) is 6.43. The Morgan fingerprint density at radius 3 is 2.84 bits per heavy atom. The Balaban J connectivity index is 0.00000118. The number of rotatable bonds is 6. The number of aliphatic imine (C=N–C) groups is 1. The molecule has 1 fully saturated rings. The monoisotopic (exact) mass is 446 g/mol. The number of thiazole rings is 1. The Kier molecular flexibility index (Phi) is 8.00. The Bertz CT molecular complexity index is 949. The van der Waals surface area contributed by atoms with Gasteiger partial charge < -0.3 is 15.0 Å². The molecule has 1 saturated carbocycles. The molecule has 7 nitrogen and oxygen atoms in total. The fourth-order valence-electron chi connectivity index (χ4n) is 4.09. The summed E-state index contributed by atoms with van der Waals surface area (Å²) in [4.78, 5) is 42.9. The molecule has 9 heteroatoms. The van der Waals surface area contributed by atoms with Crippen molar-refractivity contribution in [1.29, 1.82) is 0 Å². The number of hydrogen-bond acceptors (Lipinski definition) is 7. The quantitative estimate of drug-likeness (QED) is 0.655. The van der Waals surface area contributed by atoms with Crippen molar-refractivity contribution >= 4 is 47.5 Å². The number of amides is 1. The second-order valence-corrected chi connectivity index (χ2v) is 8.68. The molecule has 166 valence electrons. The molecule has 31 heavy (non-hydrogen) atoms. The maximum absolute atomic E-state index is 13.7. The molecule has 0 bridgehead atoms. The predicted molar refractivity (Wildman–Crippen MR) is 120 cm³/mol. The van der Waals surface area contributed by atoms with E-state index >= 15 is 0 Å². The van der Waals surface area contributed by atoms with Gasteiger partial charge in [0, 0.05) is 13.5 Å². The molecule has 2 aromatic rings. The summed E-state index contributed by atoms with van der Waals surface area (Å²) in [5.74, 6) is -0.00410. The van der Waals surface area contributed by atoms with Crippen LogP contribution in [0.3, 0.4) is 0 Å². The molecule has 0 saturated heterocycles. The van der Waals surface area contributed by atoms with Crippen molar-refractivity contribution in [2.45, 2.75) is 51.1 Å². The number of carbonyl (C=O) groups excluding carboxylic acids is 3. The lowest BCUT2D eigenvalue weighted by atomic mass is 9.84. The lowest BCUT2D eigenvalue weighted by Crippen LogP contribution is -2.45. The normalized spacial score (nSPS) is 16.6. The van der Waals surface area contributed by atoms with E-state index < -0.39 is 6.04 Å². The third kappa shape index (κ3) is 5.81. The number of fused-ring (bicyclic) bond motifs is 1. The van der Waals surface area contributed by atoms with E-state index in [-0.39, 0.29) is 13.2 Å². The molecule has 2 heterocycles. The van der Waals surface area contributed by atoms with Crippen molar-refractivity contribution in [2.24, 2.45) is 10.9 Å². The van der Waals surface area contributed by atoms with Crippen LogP contribution in [0.5, 0.6) is 0 Å². The number of aldehydes is 1. The van der Waals surface area contributed by atoms with Gasteiger partial charge in [-0.15, -0.1) is 0 Å². The van der Waals surface area contributed by atoms with Crippen molar-refractivity contribution in [1.82, 2.24) is 9.88 Å². The highest BCUT2D eigenvalue weighted by Crippen LogP contribution is 2.32. The number of carbonyl (C=O) groups is 3. The molecule has 4 rings (SSSR count). The highest BCUT2D eigenvalue weighted by Gasteiger charge is 2.31. The lowest BCUT2D eigenvalue weighted by molar-refractivity contribution is -0.120. The lowest BCUT2D eigenvalue weighted by Gasteiger charge is -2.34. The SMILES string of the molecule is C=O.O=Cc1cnc(NC(=O)C(CC2CCCCC2)N2C=Nc3ccc(F)cc3C2)s1.[HH]. The summed E-state index contributed by atoms with van der Waals surface area (Å²) in [5.41, 5.74) is 1.50. The second kappa shape index (κ2) is 10.9. The third-order valence-electron chi connectivity index (χ3n) is 5.59. The van der Waals surface area contributed by atoms with Gasteiger partial charge in [0.2, 0.25) is 5.91 Å². The van der Waals surface area contributed by atoms with Crippen molar-refractivity contribution < 1.29 is 20.2 Å². The maximum Gasteiger partial charge on any atom is 0.248 e. The van der Waals surface area contributed by atoms with Gasteiger partial charge in [-0.3, -0.25) is 9.59 Å². The number of halogens is 1. The van der Waals surface area contributed by atoms with Gasteiger partial charge in [-0.25, -0.2) is 14.4 Å². The van der Waals surface area contributed by atoms with Crippen molar-refractivity contribution in [3.8, 4) is 0 Å². The molecule has 1 aromatic carbocycles. The number of nitrogens with one attached hydrogen (secondary N) is 1. The van der Waals surface area contributed by atoms with E-state index in [1.54, 1.807) is 12.4 Å². The maximum atomic E-state index is 13.7. The van der Waals surface area contributed by atoms with Crippen LogP contribution in [-0.2, 0) is 16.1 Å². The van der Waals surface area contributed by atoms with Crippen LogP contribution >= 0.6 is 11.3 Å². The summed E-state index contributed by atoms with van der Waals surface area (Å²) in [6.07, 6.45) is 10.4. The van der Waals surface area contributed by atoms with Crippen LogP contribution < -0.4 is 5.32 Å². The molecule has 2 aliphatic rings. The fourth-order valence-corrected chi connectivity index (χ4v) is 4.72. The molecule has 1 unspecified atom stereocenters. The highest BCUT2D eigenvalue weighted by molar-refractivity contribution is 7.17. The van der Waals surface area contributed by atoms with Crippen LogP contribution in [0.4, 0.5) is 15.2 Å². The van der Waals surface area contributed by atoms with Crippen LogP contribution in [0.15, 0.2) is 29.4 Å². The standard InChI is InChI=1S/C21H23FN4O2S.CH2O.H2/c22-16-6-7-18-15(9-16)11-26(13-24-18)19(8-14-4-2-1-3-5-14)20(28)25-21-23-10-17(12-27)29-21;1-2;/h6-7,9-10,12-14,19H,1-5,8,11H2,(H,23,25,28);1H2;1H. The van der Waals surface area contributed by atoms with Gasteiger partial charge in [0.15, 0.2) is 11.4 Å². The molecule has 0 radical (unpaired) electrons. The Morgan fingerprint density at radius 2 is 2.13 bits per heavy atom. The zero-order valence-electron chi connectivity index (χ0n) is 17.1. The first-order valence-corrected chi connectivity index (χ1v) is 11.0. The molecule has 1 aliphatic carbocycles. The molecule has 1 atom stereocenters. The number of benzene rings is 1. The van der Waals surface area contributed by atoms with Gasteiger partial charge in [0.1, 0.15) is 18.6 Å². The minimum atomic E-state index is -0.429. The van der Waals surface area contributed by atoms with Crippen molar-refractivity contribution in [3.05, 3.63) is 40.7 Å². The largest absolute Gasteiger partial charge is 0.346 e. The average molecular weight is 447 g/mol. The van der Waals surface area contributed by atoms with Gasteiger partial charge in [-0.1, -0.05) is 43.4 Å². The zero-order valence-corrected chi connectivity index (χ0v) is 17.9. The number of hydrogen-bond donors (Lipinski definition) is 1. The van der Waals surface area contributed by atoms with Crippen LogP contribution in [0, 0.1) is 11.7 Å². The number of nitrogens with zero attached hydrogens (tertiary/aromatic N) is 3. The van der Waals surface area contributed by atoms with Gasteiger partial charge in [0.05, 0.1) is 23.1 Å². The summed E-state index contributed by atoms with van der Waals surface area (Å²) in [6.45, 7) is 2.43. The Hall–Kier alpha value is -2.94. The van der Waals surface area contributed by atoms with E-state index in [2.05, 4.69) is 15.3 Å².